The topological polar surface area (TPSA) is 29.5 Å². The molecule has 1 aliphatic carbocycles. The van der Waals surface area contributed by atoms with E-state index >= 15 is 0 Å². The van der Waals surface area contributed by atoms with Crippen molar-refractivity contribution in [2.45, 2.75) is 25.4 Å². The normalized spacial score (nSPS) is 15.3. The minimum Gasteiger partial charge on any atom is -0.496 e. The highest BCUT2D eigenvalue weighted by atomic mass is 35.5. The number of anilines is 1. The van der Waals surface area contributed by atoms with Crippen LogP contribution in [0.1, 0.15) is 24.8 Å². The summed E-state index contributed by atoms with van der Waals surface area (Å²) >= 11 is 5.59. The van der Waals surface area contributed by atoms with Crippen molar-refractivity contribution >= 4 is 23.2 Å². The highest BCUT2D eigenvalue weighted by molar-refractivity contribution is 6.29. The Bertz CT molecular complexity index is 544. The zero-order valence-electron chi connectivity index (χ0n) is 12.1. The number of alkyl halides is 4. The lowest BCUT2D eigenvalue weighted by Crippen LogP contribution is -2.38. The molecule has 0 bridgehead atoms. The number of hydrogen-bond donors (Lipinski definition) is 0. The van der Waals surface area contributed by atoms with Gasteiger partial charge in [-0.15, -0.1) is 11.6 Å². The lowest BCUT2D eigenvalue weighted by atomic mass is 9.85. The molecule has 0 spiro atoms. The number of hydrogen-bond acceptors (Lipinski definition) is 2. The van der Waals surface area contributed by atoms with E-state index in [1.54, 1.807) is 0 Å². The van der Waals surface area contributed by atoms with Crippen LogP contribution < -0.4 is 9.64 Å². The van der Waals surface area contributed by atoms with E-state index in [2.05, 4.69) is 0 Å². The Labute approximate surface area is 132 Å². The summed E-state index contributed by atoms with van der Waals surface area (Å²) < 4.78 is 44.0. The molecule has 0 aromatic heterocycles. The Balaban J connectivity index is 2.35. The molecular formula is C15H17ClF3NO2. The largest absolute Gasteiger partial charge is 0.496 e. The van der Waals surface area contributed by atoms with E-state index in [-0.39, 0.29) is 17.3 Å². The van der Waals surface area contributed by atoms with E-state index in [9.17, 15) is 18.0 Å². The van der Waals surface area contributed by atoms with E-state index in [1.807, 2.05) is 0 Å². The molecule has 0 saturated heterocycles. The molecule has 1 aromatic rings. The fraction of sp³-hybridized carbons (Fsp3) is 0.533. The first kappa shape index (κ1) is 16.9. The second-order valence-electron chi connectivity index (χ2n) is 5.32. The minimum absolute atomic E-state index is 0.200. The van der Waals surface area contributed by atoms with Crippen molar-refractivity contribution in [3.05, 3.63) is 23.8 Å². The van der Waals surface area contributed by atoms with Crippen LogP contribution in [0.25, 0.3) is 0 Å². The smallest absolute Gasteiger partial charge is 0.420 e. The summed E-state index contributed by atoms with van der Waals surface area (Å²) in [6, 6.07) is 3.63. The molecule has 1 aliphatic rings. The monoisotopic (exact) mass is 335 g/mol. The third-order valence-corrected chi connectivity index (χ3v) is 4.11. The average molecular weight is 336 g/mol. The summed E-state index contributed by atoms with van der Waals surface area (Å²) in [5.41, 5.74) is -0.695. The Hall–Kier alpha value is -1.43. The van der Waals surface area contributed by atoms with Crippen molar-refractivity contribution in [2.24, 2.45) is 5.92 Å². The van der Waals surface area contributed by atoms with Gasteiger partial charge in [-0.05, 0) is 37.0 Å². The second kappa shape index (κ2) is 6.77. The zero-order valence-corrected chi connectivity index (χ0v) is 12.9. The molecule has 3 nitrogen and oxygen atoms in total. The third-order valence-electron chi connectivity index (χ3n) is 3.88. The number of carbonyl (C=O) groups excluding carboxylic acids is 1. The Morgan fingerprint density at radius 2 is 2.09 bits per heavy atom. The van der Waals surface area contributed by atoms with Gasteiger partial charge in [-0.1, -0.05) is 6.42 Å². The highest BCUT2D eigenvalue weighted by Gasteiger charge is 2.35. The first-order valence-corrected chi connectivity index (χ1v) is 7.52. The number of benzene rings is 1. The van der Waals surface area contributed by atoms with Crippen LogP contribution in [-0.4, -0.2) is 25.4 Å². The van der Waals surface area contributed by atoms with Crippen LogP contribution >= 0.6 is 11.6 Å². The Morgan fingerprint density at radius 3 is 2.55 bits per heavy atom. The van der Waals surface area contributed by atoms with Gasteiger partial charge in [0.25, 0.3) is 0 Å². The van der Waals surface area contributed by atoms with Gasteiger partial charge >= 0.3 is 6.18 Å². The minimum atomic E-state index is -4.55. The summed E-state index contributed by atoms with van der Waals surface area (Å²) in [6.45, 7) is 0.398. The van der Waals surface area contributed by atoms with Crippen LogP contribution in [0.2, 0.25) is 0 Å². The molecule has 1 amide bonds. The molecular weight excluding hydrogens is 319 g/mol. The van der Waals surface area contributed by atoms with Gasteiger partial charge in [0.15, 0.2) is 0 Å². The fourth-order valence-corrected chi connectivity index (χ4v) is 2.59. The van der Waals surface area contributed by atoms with Crippen LogP contribution in [0.3, 0.4) is 0 Å². The Morgan fingerprint density at radius 1 is 1.41 bits per heavy atom. The standard InChI is InChI=1S/C15H17ClF3NO2/c1-22-13-6-5-11(7-12(13)15(17,18)19)20(14(21)8-16)9-10-3-2-4-10/h5-7,10H,2-4,8-9H2,1H3. The highest BCUT2D eigenvalue weighted by Crippen LogP contribution is 2.39. The van der Waals surface area contributed by atoms with E-state index in [0.717, 1.165) is 25.3 Å². The van der Waals surface area contributed by atoms with Gasteiger partial charge in [-0.2, -0.15) is 13.2 Å². The lowest BCUT2D eigenvalue weighted by Gasteiger charge is -2.32. The van der Waals surface area contributed by atoms with Crippen LogP contribution in [0.4, 0.5) is 18.9 Å². The molecule has 0 heterocycles. The number of amides is 1. The van der Waals surface area contributed by atoms with Crippen LogP contribution in [-0.2, 0) is 11.0 Å². The average Bonchev–Trinajstić information content (AvgIpc) is 2.44. The molecule has 22 heavy (non-hydrogen) atoms. The maximum absolute atomic E-state index is 13.1. The van der Waals surface area contributed by atoms with Crippen molar-refractivity contribution in [1.82, 2.24) is 0 Å². The van der Waals surface area contributed by atoms with Gasteiger partial charge in [0.1, 0.15) is 11.6 Å². The summed E-state index contributed by atoms with van der Waals surface area (Å²) in [5.74, 6) is -0.603. The van der Waals surface area contributed by atoms with E-state index in [1.165, 1.54) is 24.1 Å². The molecule has 0 unspecified atom stereocenters. The summed E-state index contributed by atoms with van der Waals surface area (Å²) in [6.07, 6.45) is -1.50. The number of carbonyl (C=O) groups is 1. The first-order chi connectivity index (χ1) is 10.4. The summed E-state index contributed by atoms with van der Waals surface area (Å²) in [5, 5.41) is 0. The van der Waals surface area contributed by atoms with Crippen molar-refractivity contribution in [1.29, 1.82) is 0 Å². The zero-order chi connectivity index (χ0) is 16.3. The van der Waals surface area contributed by atoms with Crippen LogP contribution in [0, 0.1) is 5.92 Å². The quantitative estimate of drug-likeness (QED) is 0.759. The lowest BCUT2D eigenvalue weighted by molar-refractivity contribution is -0.138. The molecule has 1 fully saturated rings. The molecule has 0 aliphatic heterocycles. The van der Waals surface area contributed by atoms with Gasteiger partial charge in [-0.25, -0.2) is 0 Å². The van der Waals surface area contributed by atoms with Gasteiger partial charge in [0.2, 0.25) is 5.91 Å². The van der Waals surface area contributed by atoms with E-state index in [4.69, 9.17) is 16.3 Å². The molecule has 1 saturated carbocycles. The molecule has 2 rings (SSSR count). The molecule has 122 valence electrons. The summed E-state index contributed by atoms with van der Waals surface area (Å²) in [4.78, 5) is 13.3. The second-order valence-corrected chi connectivity index (χ2v) is 5.58. The number of nitrogens with zero attached hydrogens (tertiary/aromatic N) is 1. The molecule has 7 heteroatoms. The number of ether oxygens (including phenoxy) is 1. The van der Waals surface area contributed by atoms with Gasteiger partial charge in [0, 0.05) is 12.2 Å². The van der Waals surface area contributed by atoms with E-state index < -0.39 is 17.6 Å². The summed E-state index contributed by atoms with van der Waals surface area (Å²) in [7, 11) is 1.18. The predicted molar refractivity (Wildman–Crippen MR) is 78.4 cm³/mol. The molecule has 0 atom stereocenters. The van der Waals surface area contributed by atoms with Crippen molar-refractivity contribution in [2.75, 3.05) is 24.4 Å². The van der Waals surface area contributed by atoms with Gasteiger partial charge < -0.3 is 9.64 Å². The maximum Gasteiger partial charge on any atom is 0.420 e. The molecule has 0 radical (unpaired) electrons. The third kappa shape index (κ3) is 3.66. The molecule has 1 aromatic carbocycles. The maximum atomic E-state index is 13.1. The fourth-order valence-electron chi connectivity index (χ4n) is 2.44. The Kier molecular flexibility index (Phi) is 5.21. The number of halogens is 4. The SMILES string of the molecule is COc1ccc(N(CC2CCC2)C(=O)CCl)cc1C(F)(F)F. The van der Waals surface area contributed by atoms with Crippen molar-refractivity contribution in [3.63, 3.8) is 0 Å². The number of rotatable bonds is 5. The predicted octanol–water partition coefficient (Wildman–Crippen LogP) is 4.09. The van der Waals surface area contributed by atoms with Crippen LogP contribution in [0.5, 0.6) is 5.75 Å². The molecule has 0 N–H and O–H groups in total. The van der Waals surface area contributed by atoms with E-state index in [0.29, 0.717) is 12.5 Å². The van der Waals surface area contributed by atoms with Gasteiger partial charge in [0.05, 0.1) is 12.7 Å². The number of methoxy groups -OCH3 is 1. The van der Waals surface area contributed by atoms with Crippen molar-refractivity contribution in [3.8, 4) is 5.75 Å². The van der Waals surface area contributed by atoms with Crippen LogP contribution in [0.15, 0.2) is 18.2 Å². The van der Waals surface area contributed by atoms with Gasteiger partial charge in [-0.3, -0.25) is 4.79 Å². The first-order valence-electron chi connectivity index (χ1n) is 6.98. The van der Waals surface area contributed by atoms with Crippen molar-refractivity contribution < 1.29 is 22.7 Å².